The molecule has 2 aliphatic rings. The number of urea groups is 1. The standard InChI is InChI=1S/C23H23FN6OS/c1-14-12-25-6-5-16(14)17-4-2-3-15-11-19(32-21(15)17)20-18(24)13-28-22(29-20)26-7-9-30-10-8-27-23(30)31/h2-6,12-13,19H,7-11H2,1H3,(H,27,31)(H,26,28,29). The number of carbonyl (C=O) groups is 1. The highest BCUT2D eigenvalue weighted by Crippen LogP contribution is 2.50. The molecule has 7 nitrogen and oxygen atoms in total. The molecule has 1 aromatic carbocycles. The number of nitrogens with zero attached hydrogens (tertiary/aromatic N) is 4. The third-order valence-electron chi connectivity index (χ3n) is 5.76. The van der Waals surface area contributed by atoms with E-state index in [0.717, 1.165) is 16.7 Å². The summed E-state index contributed by atoms with van der Waals surface area (Å²) in [6.07, 6.45) is 5.59. The van der Waals surface area contributed by atoms with E-state index in [1.165, 1.54) is 16.7 Å². The Morgan fingerprint density at radius 3 is 3.00 bits per heavy atom. The molecule has 2 aliphatic heterocycles. The predicted octanol–water partition coefficient (Wildman–Crippen LogP) is 3.81. The van der Waals surface area contributed by atoms with E-state index in [9.17, 15) is 9.18 Å². The molecule has 0 saturated carbocycles. The van der Waals surface area contributed by atoms with Crippen molar-refractivity contribution in [2.24, 2.45) is 0 Å². The first kappa shape index (κ1) is 20.7. The number of fused-ring (bicyclic) bond motifs is 1. The van der Waals surface area contributed by atoms with Crippen LogP contribution in [0.1, 0.15) is 22.1 Å². The molecule has 3 aromatic rings. The van der Waals surface area contributed by atoms with Gasteiger partial charge in [-0.2, -0.15) is 0 Å². The molecule has 1 fully saturated rings. The average molecular weight is 451 g/mol. The fourth-order valence-corrected chi connectivity index (χ4v) is 5.56. The molecule has 5 rings (SSSR count). The fourth-order valence-electron chi connectivity index (χ4n) is 4.13. The molecule has 2 N–H and O–H groups in total. The number of aromatic nitrogens is 3. The van der Waals surface area contributed by atoms with E-state index in [2.05, 4.69) is 43.8 Å². The van der Waals surface area contributed by atoms with Crippen molar-refractivity contribution >= 4 is 23.7 Å². The first-order valence-electron chi connectivity index (χ1n) is 10.6. The molecular weight excluding hydrogens is 427 g/mol. The van der Waals surface area contributed by atoms with Crippen molar-refractivity contribution in [1.82, 2.24) is 25.2 Å². The summed E-state index contributed by atoms with van der Waals surface area (Å²) in [6.45, 7) is 4.44. The summed E-state index contributed by atoms with van der Waals surface area (Å²) in [5, 5.41) is 5.77. The van der Waals surface area contributed by atoms with Gasteiger partial charge >= 0.3 is 6.03 Å². The molecule has 4 heterocycles. The maximum absolute atomic E-state index is 14.7. The molecular formula is C23H23FN6OS. The molecule has 164 valence electrons. The summed E-state index contributed by atoms with van der Waals surface area (Å²) in [5.74, 6) is -0.0239. The minimum Gasteiger partial charge on any atom is -0.352 e. The zero-order valence-electron chi connectivity index (χ0n) is 17.6. The quantitative estimate of drug-likeness (QED) is 0.594. The van der Waals surface area contributed by atoms with Gasteiger partial charge in [0.1, 0.15) is 0 Å². The van der Waals surface area contributed by atoms with Crippen LogP contribution in [0.25, 0.3) is 11.1 Å². The van der Waals surface area contributed by atoms with Crippen LogP contribution in [0, 0.1) is 12.7 Å². The van der Waals surface area contributed by atoms with E-state index in [0.29, 0.717) is 44.2 Å². The van der Waals surface area contributed by atoms with Crippen LogP contribution in [0.4, 0.5) is 15.1 Å². The lowest BCUT2D eigenvalue weighted by Crippen LogP contribution is -2.32. The molecule has 9 heteroatoms. The largest absolute Gasteiger partial charge is 0.352 e. The van der Waals surface area contributed by atoms with Crippen LogP contribution in [0.15, 0.2) is 47.8 Å². The zero-order chi connectivity index (χ0) is 22.1. The van der Waals surface area contributed by atoms with E-state index in [4.69, 9.17) is 0 Å². The summed E-state index contributed by atoms with van der Waals surface area (Å²) < 4.78 is 14.7. The van der Waals surface area contributed by atoms with Crippen molar-refractivity contribution in [2.45, 2.75) is 23.5 Å². The van der Waals surface area contributed by atoms with Crippen molar-refractivity contribution in [2.75, 3.05) is 31.5 Å². The highest BCUT2D eigenvalue weighted by molar-refractivity contribution is 8.00. The molecule has 0 radical (unpaired) electrons. The van der Waals surface area contributed by atoms with Crippen LogP contribution in [0.5, 0.6) is 0 Å². The van der Waals surface area contributed by atoms with Gasteiger partial charge in [-0.3, -0.25) is 4.98 Å². The van der Waals surface area contributed by atoms with Gasteiger partial charge in [0.2, 0.25) is 5.95 Å². The summed E-state index contributed by atoms with van der Waals surface area (Å²) in [4.78, 5) is 27.3. The minimum atomic E-state index is -0.401. The number of benzene rings is 1. The van der Waals surface area contributed by atoms with Gasteiger partial charge in [0.15, 0.2) is 5.82 Å². The fraction of sp³-hybridized carbons (Fsp3) is 0.304. The van der Waals surface area contributed by atoms with Crippen molar-refractivity contribution in [3.63, 3.8) is 0 Å². The summed E-state index contributed by atoms with van der Waals surface area (Å²) in [5.41, 5.74) is 4.99. The maximum atomic E-state index is 14.7. The Labute approximate surface area is 189 Å². The van der Waals surface area contributed by atoms with Gasteiger partial charge in [0.05, 0.1) is 17.1 Å². The first-order chi connectivity index (χ1) is 15.6. The molecule has 0 aliphatic carbocycles. The van der Waals surface area contributed by atoms with Crippen LogP contribution in [-0.4, -0.2) is 52.1 Å². The van der Waals surface area contributed by atoms with E-state index in [1.54, 1.807) is 22.9 Å². The normalized spacial score (nSPS) is 17.4. The lowest BCUT2D eigenvalue weighted by atomic mass is 9.98. The van der Waals surface area contributed by atoms with E-state index in [1.807, 2.05) is 19.2 Å². The van der Waals surface area contributed by atoms with Crippen LogP contribution in [0.3, 0.4) is 0 Å². The number of anilines is 1. The van der Waals surface area contributed by atoms with Gasteiger partial charge in [0.25, 0.3) is 0 Å². The third-order valence-corrected chi connectivity index (χ3v) is 7.15. The van der Waals surface area contributed by atoms with Crippen LogP contribution in [0.2, 0.25) is 0 Å². The number of hydrogen-bond donors (Lipinski definition) is 2. The topological polar surface area (TPSA) is 83.0 Å². The van der Waals surface area contributed by atoms with E-state index < -0.39 is 5.82 Å². The van der Waals surface area contributed by atoms with Gasteiger partial charge in [0, 0.05) is 43.5 Å². The number of halogens is 1. The number of rotatable bonds is 6. The highest BCUT2D eigenvalue weighted by Gasteiger charge is 2.30. The number of pyridine rings is 1. The second-order valence-corrected chi connectivity index (χ2v) is 9.08. The van der Waals surface area contributed by atoms with Gasteiger partial charge < -0.3 is 15.5 Å². The number of hydrogen-bond acceptors (Lipinski definition) is 6. The smallest absolute Gasteiger partial charge is 0.317 e. The van der Waals surface area contributed by atoms with Gasteiger partial charge in [-0.05, 0) is 41.7 Å². The SMILES string of the molecule is Cc1cnccc1-c1cccc2c1SC(c1nc(NCCN3CCNC3=O)ncc1F)C2. The molecule has 0 spiro atoms. The zero-order valence-corrected chi connectivity index (χ0v) is 18.5. The van der Waals surface area contributed by atoms with Crippen LogP contribution >= 0.6 is 11.8 Å². The Bertz CT molecular complexity index is 1170. The molecule has 1 atom stereocenters. The summed E-state index contributed by atoms with van der Waals surface area (Å²) >= 11 is 1.65. The van der Waals surface area contributed by atoms with Crippen molar-refractivity contribution < 1.29 is 9.18 Å². The molecule has 32 heavy (non-hydrogen) atoms. The second-order valence-electron chi connectivity index (χ2n) is 7.87. The summed E-state index contributed by atoms with van der Waals surface area (Å²) in [6, 6.07) is 8.21. The number of aryl methyl sites for hydroxylation is 1. The van der Waals surface area contributed by atoms with E-state index >= 15 is 0 Å². The van der Waals surface area contributed by atoms with Crippen molar-refractivity contribution in [3.05, 3.63) is 65.5 Å². The molecule has 1 unspecified atom stereocenters. The van der Waals surface area contributed by atoms with Crippen LogP contribution < -0.4 is 10.6 Å². The Hall–Kier alpha value is -3.20. The predicted molar refractivity (Wildman–Crippen MR) is 122 cm³/mol. The Morgan fingerprint density at radius 2 is 2.19 bits per heavy atom. The highest BCUT2D eigenvalue weighted by atomic mass is 32.2. The Morgan fingerprint density at radius 1 is 1.28 bits per heavy atom. The van der Waals surface area contributed by atoms with E-state index in [-0.39, 0.29) is 11.3 Å². The number of thioether (sulfide) groups is 1. The van der Waals surface area contributed by atoms with Gasteiger partial charge in [-0.15, -0.1) is 11.8 Å². The lowest BCUT2D eigenvalue weighted by Gasteiger charge is -2.15. The van der Waals surface area contributed by atoms with Gasteiger partial charge in [-0.25, -0.2) is 19.2 Å². The average Bonchev–Trinajstić information content (AvgIpc) is 3.41. The van der Waals surface area contributed by atoms with Gasteiger partial charge in [-0.1, -0.05) is 18.2 Å². The van der Waals surface area contributed by atoms with Crippen molar-refractivity contribution in [1.29, 1.82) is 0 Å². The second kappa shape index (κ2) is 8.74. The molecule has 0 bridgehead atoms. The number of carbonyl (C=O) groups excluding carboxylic acids is 1. The van der Waals surface area contributed by atoms with Crippen molar-refractivity contribution in [3.8, 4) is 11.1 Å². The lowest BCUT2D eigenvalue weighted by molar-refractivity contribution is 0.219. The minimum absolute atomic E-state index is 0.0622. The molecule has 1 saturated heterocycles. The Balaban J connectivity index is 1.34. The molecule has 2 amide bonds. The third kappa shape index (κ3) is 4.00. The molecule has 2 aromatic heterocycles. The first-order valence-corrected chi connectivity index (χ1v) is 11.5. The Kier molecular flexibility index (Phi) is 5.65. The number of nitrogens with one attached hydrogen (secondary N) is 2. The number of amides is 2. The summed E-state index contributed by atoms with van der Waals surface area (Å²) in [7, 11) is 0. The van der Waals surface area contributed by atoms with Crippen LogP contribution in [-0.2, 0) is 6.42 Å². The monoisotopic (exact) mass is 450 g/mol. The maximum Gasteiger partial charge on any atom is 0.317 e.